The zero-order valence-electron chi connectivity index (χ0n) is 7.01. The number of hydrogen-bond acceptors (Lipinski definition) is 1. The molecule has 64 valence electrons. The van der Waals surface area contributed by atoms with Crippen LogP contribution in [-0.4, -0.2) is 5.60 Å². The van der Waals surface area contributed by atoms with Crippen LogP contribution < -0.4 is 4.74 Å². The fourth-order valence-corrected chi connectivity index (χ4v) is 1.33. The molecule has 1 aliphatic carbocycles. The van der Waals surface area contributed by atoms with Gasteiger partial charge in [0, 0.05) is 4.47 Å². The standard InChI is InChI=1S/C10H11BrO/c1-10(6-7-10)12-9-4-2-8(11)3-5-9/h2-5H,6-7H2,1H3. The summed E-state index contributed by atoms with van der Waals surface area (Å²) in [6.45, 7) is 2.15. The lowest BCUT2D eigenvalue weighted by atomic mass is 10.3. The Balaban J connectivity index is 2.08. The first kappa shape index (κ1) is 8.11. The Hall–Kier alpha value is -0.500. The van der Waals surface area contributed by atoms with Crippen LogP contribution in [-0.2, 0) is 0 Å². The Bertz CT molecular complexity index is 274. The van der Waals surface area contributed by atoms with Crippen LogP contribution in [0.15, 0.2) is 28.7 Å². The summed E-state index contributed by atoms with van der Waals surface area (Å²) in [5, 5.41) is 0. The van der Waals surface area contributed by atoms with Gasteiger partial charge in [-0.3, -0.25) is 0 Å². The molecule has 0 radical (unpaired) electrons. The first-order valence-electron chi connectivity index (χ1n) is 4.13. The maximum atomic E-state index is 5.75. The van der Waals surface area contributed by atoms with E-state index in [4.69, 9.17) is 4.74 Å². The van der Waals surface area contributed by atoms with Crippen molar-refractivity contribution in [2.24, 2.45) is 0 Å². The summed E-state index contributed by atoms with van der Waals surface area (Å²) < 4.78 is 6.84. The predicted molar refractivity (Wildman–Crippen MR) is 52.4 cm³/mol. The normalized spacial score (nSPS) is 18.8. The van der Waals surface area contributed by atoms with Crippen molar-refractivity contribution in [2.75, 3.05) is 0 Å². The average Bonchev–Trinajstić information content (AvgIpc) is 2.74. The summed E-state index contributed by atoms with van der Waals surface area (Å²) >= 11 is 3.39. The van der Waals surface area contributed by atoms with E-state index < -0.39 is 0 Å². The number of hydrogen-bond donors (Lipinski definition) is 0. The third-order valence-corrected chi connectivity index (χ3v) is 2.66. The summed E-state index contributed by atoms with van der Waals surface area (Å²) in [6.07, 6.45) is 2.37. The molecule has 0 aromatic heterocycles. The lowest BCUT2D eigenvalue weighted by Crippen LogP contribution is -2.11. The molecule has 12 heavy (non-hydrogen) atoms. The lowest BCUT2D eigenvalue weighted by molar-refractivity contribution is 0.200. The molecule has 0 spiro atoms. The van der Waals surface area contributed by atoms with Crippen LogP contribution in [0.3, 0.4) is 0 Å². The second kappa shape index (κ2) is 2.77. The highest BCUT2D eigenvalue weighted by molar-refractivity contribution is 9.10. The van der Waals surface area contributed by atoms with Crippen LogP contribution in [0.25, 0.3) is 0 Å². The fraction of sp³-hybridized carbons (Fsp3) is 0.400. The lowest BCUT2D eigenvalue weighted by Gasteiger charge is -2.12. The van der Waals surface area contributed by atoms with Crippen LogP contribution >= 0.6 is 15.9 Å². The fourth-order valence-electron chi connectivity index (χ4n) is 1.07. The quantitative estimate of drug-likeness (QED) is 0.752. The summed E-state index contributed by atoms with van der Waals surface area (Å²) in [6, 6.07) is 7.99. The van der Waals surface area contributed by atoms with Crippen molar-refractivity contribution in [3.8, 4) is 5.75 Å². The van der Waals surface area contributed by atoms with Crippen molar-refractivity contribution < 1.29 is 4.74 Å². The summed E-state index contributed by atoms with van der Waals surface area (Å²) in [4.78, 5) is 0. The van der Waals surface area contributed by atoms with Gasteiger partial charge in [0.05, 0.1) is 0 Å². The maximum absolute atomic E-state index is 5.75. The van der Waals surface area contributed by atoms with E-state index in [0.717, 1.165) is 10.2 Å². The second-order valence-electron chi connectivity index (χ2n) is 3.51. The Morgan fingerprint density at radius 2 is 1.83 bits per heavy atom. The molecular formula is C10H11BrO. The van der Waals surface area contributed by atoms with Gasteiger partial charge in [0.15, 0.2) is 0 Å². The smallest absolute Gasteiger partial charge is 0.120 e. The minimum Gasteiger partial charge on any atom is -0.488 e. The van der Waals surface area contributed by atoms with Gasteiger partial charge in [-0.2, -0.15) is 0 Å². The SMILES string of the molecule is CC1(Oc2ccc(Br)cc2)CC1. The minimum absolute atomic E-state index is 0.133. The van der Waals surface area contributed by atoms with E-state index in [1.807, 2.05) is 24.3 Å². The Morgan fingerprint density at radius 1 is 1.25 bits per heavy atom. The van der Waals surface area contributed by atoms with Crippen LogP contribution in [0.1, 0.15) is 19.8 Å². The Labute approximate surface area is 80.9 Å². The molecule has 0 N–H and O–H groups in total. The average molecular weight is 227 g/mol. The molecule has 1 aromatic carbocycles. The molecule has 0 saturated heterocycles. The number of halogens is 1. The highest BCUT2D eigenvalue weighted by atomic mass is 79.9. The molecule has 0 atom stereocenters. The van der Waals surface area contributed by atoms with E-state index in [-0.39, 0.29) is 5.60 Å². The molecule has 0 unspecified atom stereocenters. The van der Waals surface area contributed by atoms with E-state index in [1.165, 1.54) is 12.8 Å². The molecule has 2 rings (SSSR count). The van der Waals surface area contributed by atoms with Crippen molar-refractivity contribution in [1.29, 1.82) is 0 Å². The topological polar surface area (TPSA) is 9.23 Å². The van der Waals surface area contributed by atoms with E-state index in [2.05, 4.69) is 22.9 Å². The highest BCUT2D eigenvalue weighted by Crippen LogP contribution is 2.39. The van der Waals surface area contributed by atoms with E-state index in [1.54, 1.807) is 0 Å². The van der Waals surface area contributed by atoms with Crippen LogP contribution in [0, 0.1) is 0 Å². The number of benzene rings is 1. The number of rotatable bonds is 2. The van der Waals surface area contributed by atoms with Gasteiger partial charge in [0.2, 0.25) is 0 Å². The molecule has 1 aliphatic rings. The molecule has 2 heteroatoms. The molecule has 0 bridgehead atoms. The maximum Gasteiger partial charge on any atom is 0.120 e. The predicted octanol–water partition coefficient (Wildman–Crippen LogP) is 3.38. The highest BCUT2D eigenvalue weighted by Gasteiger charge is 2.39. The van der Waals surface area contributed by atoms with Gasteiger partial charge in [0.25, 0.3) is 0 Å². The third-order valence-electron chi connectivity index (χ3n) is 2.13. The van der Waals surface area contributed by atoms with Gasteiger partial charge < -0.3 is 4.74 Å². The van der Waals surface area contributed by atoms with Crippen LogP contribution in [0.2, 0.25) is 0 Å². The van der Waals surface area contributed by atoms with Crippen LogP contribution in [0.4, 0.5) is 0 Å². The van der Waals surface area contributed by atoms with Crippen molar-refractivity contribution in [3.63, 3.8) is 0 Å². The van der Waals surface area contributed by atoms with Gasteiger partial charge in [-0.05, 0) is 44.0 Å². The van der Waals surface area contributed by atoms with Crippen molar-refractivity contribution in [2.45, 2.75) is 25.4 Å². The summed E-state index contributed by atoms with van der Waals surface area (Å²) in [5.41, 5.74) is 0.133. The molecule has 0 heterocycles. The summed E-state index contributed by atoms with van der Waals surface area (Å²) in [7, 11) is 0. The molecule has 1 fully saturated rings. The van der Waals surface area contributed by atoms with Gasteiger partial charge in [-0.15, -0.1) is 0 Å². The van der Waals surface area contributed by atoms with Crippen molar-refractivity contribution in [3.05, 3.63) is 28.7 Å². The zero-order valence-corrected chi connectivity index (χ0v) is 8.60. The van der Waals surface area contributed by atoms with E-state index in [0.29, 0.717) is 0 Å². The van der Waals surface area contributed by atoms with Crippen molar-refractivity contribution >= 4 is 15.9 Å². The third kappa shape index (κ3) is 1.81. The van der Waals surface area contributed by atoms with Gasteiger partial charge >= 0.3 is 0 Å². The van der Waals surface area contributed by atoms with Crippen LogP contribution in [0.5, 0.6) is 5.75 Å². The largest absolute Gasteiger partial charge is 0.488 e. The number of ether oxygens (including phenoxy) is 1. The molecule has 1 nitrogen and oxygen atoms in total. The molecular weight excluding hydrogens is 216 g/mol. The first-order valence-corrected chi connectivity index (χ1v) is 4.92. The van der Waals surface area contributed by atoms with Crippen molar-refractivity contribution in [1.82, 2.24) is 0 Å². The van der Waals surface area contributed by atoms with E-state index >= 15 is 0 Å². The molecule has 0 amide bonds. The second-order valence-corrected chi connectivity index (χ2v) is 4.42. The first-order chi connectivity index (χ1) is 5.68. The van der Waals surface area contributed by atoms with Gasteiger partial charge in [0.1, 0.15) is 11.4 Å². The zero-order chi connectivity index (χ0) is 8.60. The van der Waals surface area contributed by atoms with E-state index in [9.17, 15) is 0 Å². The molecule has 1 aromatic rings. The van der Waals surface area contributed by atoms with Gasteiger partial charge in [-0.25, -0.2) is 0 Å². The van der Waals surface area contributed by atoms with Gasteiger partial charge in [-0.1, -0.05) is 15.9 Å². The Morgan fingerprint density at radius 3 is 2.33 bits per heavy atom. The summed E-state index contributed by atoms with van der Waals surface area (Å²) in [5.74, 6) is 0.971. The minimum atomic E-state index is 0.133. The molecule has 1 saturated carbocycles. The monoisotopic (exact) mass is 226 g/mol. The molecule has 0 aliphatic heterocycles. The Kier molecular flexibility index (Phi) is 1.87.